The van der Waals surface area contributed by atoms with Crippen LogP contribution in [-0.2, 0) is 10.0 Å². The molecule has 0 unspecified atom stereocenters. The number of fused-ring (bicyclic) bond motifs is 2. The molecule has 0 aliphatic carbocycles. The molecule has 0 atom stereocenters. The van der Waals surface area contributed by atoms with Gasteiger partial charge in [0.1, 0.15) is 0 Å². The van der Waals surface area contributed by atoms with Crippen LogP contribution in [0.4, 0.5) is 0 Å². The van der Waals surface area contributed by atoms with Crippen molar-refractivity contribution in [1.29, 1.82) is 0 Å². The summed E-state index contributed by atoms with van der Waals surface area (Å²) < 4.78 is 33.1. The molecule has 3 heterocycles. The SMILES string of the molecule is O=C(c1nc2ncccc2o1)N1CCN(S(=O)(=O)c2ccc3cc(Cl)ccc3c2)CC1. The number of pyridine rings is 1. The molecular weight excluding hydrogens is 440 g/mol. The number of carbonyl (C=O) groups excluding carboxylic acids is 1. The Balaban J connectivity index is 1.32. The van der Waals surface area contributed by atoms with E-state index in [1.165, 1.54) is 4.31 Å². The van der Waals surface area contributed by atoms with Crippen LogP contribution in [0.15, 0.2) is 64.0 Å². The molecule has 1 fully saturated rings. The van der Waals surface area contributed by atoms with Crippen molar-refractivity contribution < 1.29 is 17.6 Å². The van der Waals surface area contributed by atoms with E-state index in [2.05, 4.69) is 9.97 Å². The molecule has 1 aliphatic rings. The molecule has 1 saturated heterocycles. The van der Waals surface area contributed by atoms with Crippen molar-refractivity contribution in [2.75, 3.05) is 26.2 Å². The Bertz CT molecular complexity index is 1380. The normalized spacial score (nSPS) is 15.6. The maximum Gasteiger partial charge on any atom is 0.309 e. The zero-order valence-corrected chi connectivity index (χ0v) is 17.8. The third kappa shape index (κ3) is 3.65. The minimum absolute atomic E-state index is 0.0433. The molecule has 10 heteroatoms. The summed E-state index contributed by atoms with van der Waals surface area (Å²) in [5, 5.41) is 2.26. The summed E-state index contributed by atoms with van der Waals surface area (Å²) in [6, 6.07) is 13.7. The molecule has 0 saturated carbocycles. The van der Waals surface area contributed by atoms with E-state index >= 15 is 0 Å². The van der Waals surface area contributed by atoms with Crippen LogP contribution in [0.5, 0.6) is 0 Å². The number of hydrogen-bond acceptors (Lipinski definition) is 6. The van der Waals surface area contributed by atoms with Gasteiger partial charge < -0.3 is 9.32 Å². The molecule has 2 aromatic carbocycles. The first-order chi connectivity index (χ1) is 14.9. The van der Waals surface area contributed by atoms with Crippen LogP contribution in [0, 0.1) is 0 Å². The van der Waals surface area contributed by atoms with Crippen LogP contribution in [0.1, 0.15) is 10.7 Å². The molecule has 31 heavy (non-hydrogen) atoms. The Labute approximate surface area is 183 Å². The van der Waals surface area contributed by atoms with Gasteiger partial charge in [0.2, 0.25) is 10.0 Å². The molecule has 158 valence electrons. The lowest BCUT2D eigenvalue weighted by Crippen LogP contribution is -2.50. The Morgan fingerprint density at radius 1 is 1.00 bits per heavy atom. The van der Waals surface area contributed by atoms with Crippen LogP contribution < -0.4 is 0 Å². The highest BCUT2D eigenvalue weighted by Gasteiger charge is 2.32. The van der Waals surface area contributed by atoms with Gasteiger partial charge in [-0.15, -0.1) is 0 Å². The second kappa shape index (κ2) is 7.60. The predicted molar refractivity (Wildman–Crippen MR) is 115 cm³/mol. The number of carbonyl (C=O) groups is 1. The van der Waals surface area contributed by atoms with Gasteiger partial charge in [0.25, 0.3) is 5.89 Å². The number of rotatable bonds is 3. The summed E-state index contributed by atoms with van der Waals surface area (Å²) in [5.41, 5.74) is 0.800. The lowest BCUT2D eigenvalue weighted by molar-refractivity contribution is 0.0660. The van der Waals surface area contributed by atoms with E-state index < -0.39 is 10.0 Å². The van der Waals surface area contributed by atoms with Crippen molar-refractivity contribution in [2.24, 2.45) is 0 Å². The van der Waals surface area contributed by atoms with Crippen LogP contribution >= 0.6 is 11.6 Å². The molecule has 4 aromatic rings. The average molecular weight is 457 g/mol. The molecule has 0 N–H and O–H groups in total. The molecule has 1 amide bonds. The molecule has 1 aliphatic heterocycles. The molecule has 5 rings (SSSR count). The van der Waals surface area contributed by atoms with Gasteiger partial charge in [-0.05, 0) is 47.2 Å². The summed E-state index contributed by atoms with van der Waals surface area (Å²) in [6.45, 7) is 0.858. The summed E-state index contributed by atoms with van der Waals surface area (Å²) >= 11 is 6.00. The van der Waals surface area contributed by atoms with E-state index in [1.807, 2.05) is 0 Å². The van der Waals surface area contributed by atoms with Gasteiger partial charge in [0.05, 0.1) is 4.90 Å². The monoisotopic (exact) mass is 456 g/mol. The van der Waals surface area contributed by atoms with Crippen LogP contribution in [-0.4, -0.2) is 59.7 Å². The minimum Gasteiger partial charge on any atom is -0.431 e. The van der Waals surface area contributed by atoms with Crippen LogP contribution in [0.25, 0.3) is 22.0 Å². The van der Waals surface area contributed by atoms with Gasteiger partial charge >= 0.3 is 5.91 Å². The minimum atomic E-state index is -3.68. The smallest absolute Gasteiger partial charge is 0.309 e. The molecule has 0 radical (unpaired) electrons. The topological polar surface area (TPSA) is 96.6 Å². The fourth-order valence-corrected chi connectivity index (χ4v) is 5.27. The zero-order chi connectivity index (χ0) is 21.6. The molecule has 8 nitrogen and oxygen atoms in total. The van der Waals surface area contributed by atoms with E-state index in [9.17, 15) is 13.2 Å². The van der Waals surface area contributed by atoms with E-state index in [0.717, 1.165) is 10.8 Å². The fourth-order valence-electron chi connectivity index (χ4n) is 3.63. The van der Waals surface area contributed by atoms with Crippen LogP contribution in [0.2, 0.25) is 5.02 Å². The number of sulfonamides is 1. The van der Waals surface area contributed by atoms with E-state index in [1.54, 1.807) is 59.6 Å². The first-order valence-corrected chi connectivity index (χ1v) is 11.4. The van der Waals surface area contributed by atoms with E-state index in [-0.39, 0.29) is 42.9 Å². The highest BCUT2D eigenvalue weighted by Crippen LogP contribution is 2.25. The Morgan fingerprint density at radius 3 is 2.52 bits per heavy atom. The number of hydrogen-bond donors (Lipinski definition) is 0. The van der Waals surface area contributed by atoms with Gasteiger partial charge in [-0.2, -0.15) is 9.29 Å². The third-order valence-corrected chi connectivity index (χ3v) is 7.42. The number of aromatic nitrogens is 2. The summed E-state index contributed by atoms with van der Waals surface area (Å²) in [6.07, 6.45) is 1.57. The number of nitrogens with zero attached hydrogens (tertiary/aromatic N) is 4. The van der Waals surface area contributed by atoms with Crippen molar-refractivity contribution in [1.82, 2.24) is 19.2 Å². The first kappa shape index (κ1) is 19.9. The van der Waals surface area contributed by atoms with Gasteiger partial charge in [0, 0.05) is 37.4 Å². The number of piperazine rings is 1. The third-order valence-electron chi connectivity index (χ3n) is 5.29. The quantitative estimate of drug-likeness (QED) is 0.469. The molecule has 2 aromatic heterocycles. The highest BCUT2D eigenvalue weighted by molar-refractivity contribution is 7.89. The number of amides is 1. The molecule has 0 spiro atoms. The van der Waals surface area contributed by atoms with Gasteiger partial charge in [0.15, 0.2) is 11.2 Å². The number of oxazole rings is 1. The summed E-state index contributed by atoms with van der Waals surface area (Å²) in [5.74, 6) is -0.421. The van der Waals surface area contributed by atoms with Crippen molar-refractivity contribution in [2.45, 2.75) is 4.90 Å². The summed E-state index contributed by atoms with van der Waals surface area (Å²) in [7, 11) is -3.68. The van der Waals surface area contributed by atoms with Crippen molar-refractivity contribution >= 4 is 49.5 Å². The zero-order valence-electron chi connectivity index (χ0n) is 16.2. The number of benzene rings is 2. The van der Waals surface area contributed by atoms with Crippen molar-refractivity contribution in [3.8, 4) is 0 Å². The Hall–Kier alpha value is -3.01. The van der Waals surface area contributed by atoms with Gasteiger partial charge in [-0.1, -0.05) is 23.7 Å². The second-order valence-electron chi connectivity index (χ2n) is 7.19. The van der Waals surface area contributed by atoms with E-state index in [0.29, 0.717) is 16.3 Å². The largest absolute Gasteiger partial charge is 0.431 e. The lowest BCUT2D eigenvalue weighted by atomic mass is 10.1. The Kier molecular flexibility index (Phi) is 4.88. The fraction of sp³-hybridized carbons (Fsp3) is 0.190. The number of halogens is 1. The maximum absolute atomic E-state index is 13.1. The molecule has 0 bridgehead atoms. The second-order valence-corrected chi connectivity index (χ2v) is 9.57. The lowest BCUT2D eigenvalue weighted by Gasteiger charge is -2.33. The molecular formula is C21H17ClN4O4S. The standard InChI is InChI=1S/C21H17ClN4O4S/c22-16-5-3-15-13-17(6-4-14(15)12-16)31(28,29)26-10-8-25(9-11-26)21(27)20-24-19-18(30-20)2-1-7-23-19/h1-7,12-13H,8-11H2. The highest BCUT2D eigenvalue weighted by atomic mass is 35.5. The first-order valence-electron chi connectivity index (χ1n) is 9.62. The van der Waals surface area contributed by atoms with Crippen LogP contribution in [0.3, 0.4) is 0 Å². The summed E-state index contributed by atoms with van der Waals surface area (Å²) in [4.78, 5) is 22.7. The van der Waals surface area contributed by atoms with Gasteiger partial charge in [-0.3, -0.25) is 4.79 Å². The van der Waals surface area contributed by atoms with Crippen molar-refractivity contribution in [3.63, 3.8) is 0 Å². The average Bonchev–Trinajstić information content (AvgIpc) is 3.22. The van der Waals surface area contributed by atoms with Crippen molar-refractivity contribution in [3.05, 3.63) is 65.6 Å². The predicted octanol–water partition coefficient (Wildman–Crippen LogP) is 3.18. The van der Waals surface area contributed by atoms with E-state index in [4.69, 9.17) is 16.0 Å². The Morgan fingerprint density at radius 2 is 1.74 bits per heavy atom. The maximum atomic E-state index is 13.1. The van der Waals surface area contributed by atoms with Gasteiger partial charge in [-0.25, -0.2) is 13.4 Å².